The molecule has 0 unspecified atom stereocenters. The molecule has 1 aromatic heterocycles. The van der Waals surface area contributed by atoms with Crippen LogP contribution in [0.15, 0.2) is 6.20 Å². The molecule has 0 aromatic carbocycles. The minimum atomic E-state index is 0.00968. The topological polar surface area (TPSA) is 59.0 Å². The highest BCUT2D eigenvalue weighted by Crippen LogP contribution is 2.11. The number of anilines is 1. The molecule has 14 heavy (non-hydrogen) atoms. The van der Waals surface area contributed by atoms with Crippen LogP contribution in [0, 0.1) is 6.92 Å². The van der Waals surface area contributed by atoms with E-state index in [1.165, 1.54) is 0 Å². The minimum Gasteiger partial charge on any atom is -0.323 e. The first-order chi connectivity index (χ1) is 6.63. The van der Waals surface area contributed by atoms with Crippen molar-refractivity contribution in [3.63, 3.8) is 0 Å². The monoisotopic (exact) mass is 196 g/mol. The van der Waals surface area contributed by atoms with Gasteiger partial charge in [-0.25, -0.2) is 0 Å². The SMILES string of the molecule is CNCCC(=O)Nc1cn(C)nc1C. The molecule has 5 heteroatoms. The Morgan fingerprint density at radius 2 is 2.36 bits per heavy atom. The zero-order valence-corrected chi connectivity index (χ0v) is 8.79. The van der Waals surface area contributed by atoms with Crippen LogP contribution in [0.2, 0.25) is 0 Å². The van der Waals surface area contributed by atoms with E-state index < -0.39 is 0 Å². The van der Waals surface area contributed by atoms with E-state index in [-0.39, 0.29) is 5.91 Å². The van der Waals surface area contributed by atoms with Crippen LogP contribution in [0.25, 0.3) is 0 Å². The molecule has 1 aromatic rings. The fourth-order valence-corrected chi connectivity index (χ4v) is 1.17. The van der Waals surface area contributed by atoms with Crippen LogP contribution < -0.4 is 10.6 Å². The number of carbonyl (C=O) groups excluding carboxylic acids is 1. The molecule has 0 saturated carbocycles. The second kappa shape index (κ2) is 4.76. The van der Waals surface area contributed by atoms with Gasteiger partial charge < -0.3 is 10.6 Å². The Labute approximate surface area is 83.5 Å². The first-order valence-corrected chi connectivity index (χ1v) is 4.58. The number of nitrogens with zero attached hydrogens (tertiary/aromatic N) is 2. The van der Waals surface area contributed by atoms with Gasteiger partial charge >= 0.3 is 0 Å². The van der Waals surface area contributed by atoms with Crippen LogP contribution in [0.1, 0.15) is 12.1 Å². The molecule has 0 aliphatic carbocycles. The normalized spacial score (nSPS) is 10.2. The van der Waals surface area contributed by atoms with Gasteiger partial charge in [0.1, 0.15) is 0 Å². The van der Waals surface area contributed by atoms with Gasteiger partial charge in [0.2, 0.25) is 5.91 Å². The van der Waals surface area contributed by atoms with Crippen LogP contribution >= 0.6 is 0 Å². The summed E-state index contributed by atoms with van der Waals surface area (Å²) in [7, 11) is 3.65. The molecule has 0 fully saturated rings. The summed E-state index contributed by atoms with van der Waals surface area (Å²) in [5.41, 5.74) is 1.62. The molecule has 0 saturated heterocycles. The van der Waals surface area contributed by atoms with Crippen LogP contribution in [-0.4, -0.2) is 29.3 Å². The van der Waals surface area contributed by atoms with Gasteiger partial charge in [-0.3, -0.25) is 9.48 Å². The number of carbonyl (C=O) groups is 1. The number of amides is 1. The Kier molecular flexibility index (Phi) is 3.64. The number of hydrogen-bond acceptors (Lipinski definition) is 3. The Morgan fingerprint density at radius 3 is 2.86 bits per heavy atom. The first-order valence-electron chi connectivity index (χ1n) is 4.58. The van der Waals surface area contributed by atoms with Crippen molar-refractivity contribution in [3.05, 3.63) is 11.9 Å². The summed E-state index contributed by atoms with van der Waals surface area (Å²) in [5.74, 6) is 0.00968. The lowest BCUT2D eigenvalue weighted by atomic mass is 10.3. The van der Waals surface area contributed by atoms with Crippen molar-refractivity contribution in [1.82, 2.24) is 15.1 Å². The van der Waals surface area contributed by atoms with Gasteiger partial charge in [0.25, 0.3) is 0 Å². The number of aryl methyl sites for hydroxylation is 2. The Balaban J connectivity index is 2.51. The quantitative estimate of drug-likeness (QED) is 0.727. The van der Waals surface area contributed by atoms with E-state index >= 15 is 0 Å². The molecule has 2 N–H and O–H groups in total. The van der Waals surface area contributed by atoms with E-state index in [0.717, 1.165) is 11.4 Å². The Morgan fingerprint density at radius 1 is 1.64 bits per heavy atom. The lowest BCUT2D eigenvalue weighted by molar-refractivity contribution is -0.116. The van der Waals surface area contributed by atoms with E-state index in [1.807, 2.05) is 21.0 Å². The largest absolute Gasteiger partial charge is 0.323 e. The average molecular weight is 196 g/mol. The van der Waals surface area contributed by atoms with Gasteiger partial charge in [0.05, 0.1) is 11.4 Å². The van der Waals surface area contributed by atoms with Gasteiger partial charge in [-0.2, -0.15) is 5.10 Å². The maximum absolute atomic E-state index is 11.3. The highest BCUT2D eigenvalue weighted by Gasteiger charge is 2.06. The second-order valence-electron chi connectivity index (χ2n) is 3.20. The summed E-state index contributed by atoms with van der Waals surface area (Å²) in [4.78, 5) is 11.3. The van der Waals surface area contributed by atoms with Gasteiger partial charge in [0, 0.05) is 26.2 Å². The summed E-state index contributed by atoms with van der Waals surface area (Å²) in [5, 5.41) is 9.86. The lowest BCUT2D eigenvalue weighted by Crippen LogP contribution is -2.18. The Bertz CT molecular complexity index is 319. The molecule has 0 radical (unpaired) electrons. The molecule has 1 heterocycles. The molecule has 0 aliphatic rings. The van der Waals surface area contributed by atoms with Gasteiger partial charge in [-0.15, -0.1) is 0 Å². The standard InChI is InChI=1S/C9H16N4O/c1-7-8(6-13(3)12-7)11-9(14)4-5-10-2/h6,10H,4-5H2,1-3H3,(H,11,14). The number of rotatable bonds is 4. The molecular weight excluding hydrogens is 180 g/mol. The second-order valence-corrected chi connectivity index (χ2v) is 3.20. The maximum atomic E-state index is 11.3. The molecule has 1 rings (SSSR count). The third-order valence-corrected chi connectivity index (χ3v) is 1.89. The van der Waals surface area contributed by atoms with Crippen molar-refractivity contribution in [2.45, 2.75) is 13.3 Å². The average Bonchev–Trinajstić information content (AvgIpc) is 2.42. The summed E-state index contributed by atoms with van der Waals surface area (Å²) >= 11 is 0. The number of aromatic nitrogens is 2. The smallest absolute Gasteiger partial charge is 0.225 e. The molecular formula is C9H16N4O. The number of nitrogens with one attached hydrogen (secondary N) is 2. The number of hydrogen-bond donors (Lipinski definition) is 2. The van der Waals surface area contributed by atoms with Crippen molar-refractivity contribution in [2.75, 3.05) is 18.9 Å². The molecule has 0 atom stereocenters. The zero-order chi connectivity index (χ0) is 10.6. The summed E-state index contributed by atoms with van der Waals surface area (Å²) in [6.45, 7) is 2.55. The summed E-state index contributed by atoms with van der Waals surface area (Å²) < 4.78 is 1.68. The maximum Gasteiger partial charge on any atom is 0.225 e. The molecule has 0 spiro atoms. The van der Waals surface area contributed by atoms with E-state index in [9.17, 15) is 4.79 Å². The summed E-state index contributed by atoms with van der Waals surface area (Å²) in [6, 6.07) is 0. The molecule has 0 bridgehead atoms. The molecule has 78 valence electrons. The first kappa shape index (κ1) is 10.7. The minimum absolute atomic E-state index is 0.00968. The van der Waals surface area contributed by atoms with E-state index in [4.69, 9.17) is 0 Å². The fraction of sp³-hybridized carbons (Fsp3) is 0.556. The third kappa shape index (κ3) is 2.85. The third-order valence-electron chi connectivity index (χ3n) is 1.89. The van der Waals surface area contributed by atoms with Gasteiger partial charge in [-0.1, -0.05) is 0 Å². The van der Waals surface area contributed by atoms with Crippen LogP contribution in [0.5, 0.6) is 0 Å². The van der Waals surface area contributed by atoms with Crippen LogP contribution in [-0.2, 0) is 11.8 Å². The van der Waals surface area contributed by atoms with Crippen LogP contribution in [0.3, 0.4) is 0 Å². The van der Waals surface area contributed by atoms with Crippen molar-refractivity contribution < 1.29 is 4.79 Å². The zero-order valence-electron chi connectivity index (χ0n) is 8.79. The fourth-order valence-electron chi connectivity index (χ4n) is 1.17. The van der Waals surface area contributed by atoms with Crippen molar-refractivity contribution in [1.29, 1.82) is 0 Å². The van der Waals surface area contributed by atoms with Crippen molar-refractivity contribution >= 4 is 11.6 Å². The highest BCUT2D eigenvalue weighted by atomic mass is 16.1. The molecule has 0 aliphatic heterocycles. The Hall–Kier alpha value is -1.36. The van der Waals surface area contributed by atoms with E-state index in [0.29, 0.717) is 13.0 Å². The predicted molar refractivity (Wildman–Crippen MR) is 55.1 cm³/mol. The lowest BCUT2D eigenvalue weighted by Gasteiger charge is -2.02. The molecule has 5 nitrogen and oxygen atoms in total. The molecule has 1 amide bonds. The van der Waals surface area contributed by atoms with E-state index in [1.54, 1.807) is 10.9 Å². The van der Waals surface area contributed by atoms with Crippen molar-refractivity contribution in [3.8, 4) is 0 Å². The predicted octanol–water partition coefficient (Wildman–Crippen LogP) is 0.277. The highest BCUT2D eigenvalue weighted by molar-refractivity contribution is 5.91. The van der Waals surface area contributed by atoms with Gasteiger partial charge in [-0.05, 0) is 14.0 Å². The van der Waals surface area contributed by atoms with Crippen molar-refractivity contribution in [2.24, 2.45) is 7.05 Å². The summed E-state index contributed by atoms with van der Waals surface area (Å²) in [6.07, 6.45) is 2.28. The van der Waals surface area contributed by atoms with E-state index in [2.05, 4.69) is 15.7 Å². The van der Waals surface area contributed by atoms with Crippen LogP contribution in [0.4, 0.5) is 5.69 Å². The van der Waals surface area contributed by atoms with Gasteiger partial charge in [0.15, 0.2) is 0 Å².